The van der Waals surface area contributed by atoms with Gasteiger partial charge in [0.1, 0.15) is 5.82 Å². The molecule has 0 radical (unpaired) electrons. The van der Waals surface area contributed by atoms with Crippen LogP contribution < -0.4 is 5.32 Å². The molecule has 0 unspecified atom stereocenters. The van der Waals surface area contributed by atoms with Gasteiger partial charge in [-0.1, -0.05) is 24.2 Å². The Hall–Kier alpha value is -2.47. The largest absolute Gasteiger partial charge is 0.348 e. The molecule has 0 bridgehead atoms. The molecule has 2 heterocycles. The van der Waals surface area contributed by atoms with Gasteiger partial charge < -0.3 is 14.8 Å². The van der Waals surface area contributed by atoms with Crippen molar-refractivity contribution in [3.8, 4) is 11.5 Å². The Morgan fingerprint density at radius 1 is 1.23 bits per heavy atom. The van der Waals surface area contributed by atoms with Crippen LogP contribution in [0.5, 0.6) is 0 Å². The van der Waals surface area contributed by atoms with E-state index >= 15 is 0 Å². The Morgan fingerprint density at radius 2 is 2.09 bits per heavy atom. The second-order valence-electron chi connectivity index (χ2n) is 5.03. The average Bonchev–Trinajstić information content (AvgIpc) is 3.23. The zero-order chi connectivity index (χ0) is 15.2. The minimum atomic E-state index is 0.583. The normalized spacial score (nSPS) is 11.0. The molecule has 1 aromatic carbocycles. The van der Waals surface area contributed by atoms with Crippen LogP contribution in [-0.4, -0.2) is 26.7 Å². The summed E-state index contributed by atoms with van der Waals surface area (Å²) in [6, 6.07) is 8.24. The second-order valence-corrected chi connectivity index (χ2v) is 5.03. The third-order valence-electron chi connectivity index (χ3n) is 3.42. The highest BCUT2D eigenvalue weighted by Gasteiger charge is 2.07. The minimum Gasteiger partial charge on any atom is -0.348 e. The molecule has 0 fully saturated rings. The van der Waals surface area contributed by atoms with E-state index in [0.29, 0.717) is 5.89 Å². The number of rotatable bonds is 7. The van der Waals surface area contributed by atoms with E-state index in [9.17, 15) is 0 Å². The van der Waals surface area contributed by atoms with Gasteiger partial charge in [-0.2, -0.15) is 4.98 Å². The monoisotopic (exact) mass is 297 g/mol. The molecule has 2 aromatic heterocycles. The zero-order valence-corrected chi connectivity index (χ0v) is 12.5. The Bertz CT molecular complexity index is 688. The molecular formula is C16H19N5O. The van der Waals surface area contributed by atoms with Crippen molar-refractivity contribution >= 4 is 0 Å². The number of aromatic amines is 1. The number of aryl methyl sites for hydroxylation is 1. The molecule has 0 aliphatic heterocycles. The van der Waals surface area contributed by atoms with Crippen LogP contribution in [0.4, 0.5) is 0 Å². The molecule has 0 spiro atoms. The number of nitrogens with one attached hydrogen (secondary N) is 2. The van der Waals surface area contributed by atoms with Gasteiger partial charge in [0.15, 0.2) is 5.82 Å². The summed E-state index contributed by atoms with van der Waals surface area (Å²) < 4.78 is 5.24. The van der Waals surface area contributed by atoms with Crippen molar-refractivity contribution in [3.63, 3.8) is 0 Å². The number of H-pyrrole nitrogens is 1. The lowest BCUT2D eigenvalue weighted by atomic mass is 10.1. The summed E-state index contributed by atoms with van der Waals surface area (Å²) in [5.74, 6) is 2.28. The molecule has 6 heteroatoms. The maximum Gasteiger partial charge on any atom is 0.257 e. The zero-order valence-electron chi connectivity index (χ0n) is 12.5. The maximum absolute atomic E-state index is 5.24. The Labute approximate surface area is 129 Å². The van der Waals surface area contributed by atoms with E-state index in [2.05, 4.69) is 37.6 Å². The van der Waals surface area contributed by atoms with E-state index in [1.807, 2.05) is 25.3 Å². The van der Waals surface area contributed by atoms with Crippen LogP contribution in [0, 0.1) is 0 Å². The van der Waals surface area contributed by atoms with Crippen LogP contribution in [0.15, 0.2) is 41.2 Å². The maximum atomic E-state index is 5.24. The third-order valence-corrected chi connectivity index (χ3v) is 3.42. The highest BCUT2D eigenvalue weighted by Crippen LogP contribution is 2.18. The van der Waals surface area contributed by atoms with Crippen LogP contribution in [0.3, 0.4) is 0 Å². The summed E-state index contributed by atoms with van der Waals surface area (Å²) in [6.45, 7) is 3.67. The molecule has 2 N–H and O–H groups in total. The smallest absolute Gasteiger partial charge is 0.257 e. The SMILES string of the molecule is CCc1noc(-c2ccc(CCNCc3ncc[nH]3)cc2)n1. The average molecular weight is 297 g/mol. The number of hydrogen-bond acceptors (Lipinski definition) is 5. The highest BCUT2D eigenvalue weighted by atomic mass is 16.5. The predicted octanol–water partition coefficient (Wildman–Crippen LogP) is 2.35. The second kappa shape index (κ2) is 7.00. The van der Waals surface area contributed by atoms with E-state index < -0.39 is 0 Å². The van der Waals surface area contributed by atoms with E-state index in [0.717, 1.165) is 43.1 Å². The van der Waals surface area contributed by atoms with Crippen molar-refractivity contribution in [1.82, 2.24) is 25.4 Å². The van der Waals surface area contributed by atoms with Crippen LogP contribution in [0.1, 0.15) is 24.1 Å². The van der Waals surface area contributed by atoms with E-state index in [1.165, 1.54) is 5.56 Å². The first-order valence-corrected chi connectivity index (χ1v) is 7.46. The number of benzene rings is 1. The molecule has 0 aliphatic carbocycles. The quantitative estimate of drug-likeness (QED) is 0.654. The summed E-state index contributed by atoms with van der Waals surface area (Å²) >= 11 is 0. The van der Waals surface area contributed by atoms with Crippen molar-refractivity contribution < 1.29 is 4.52 Å². The molecule has 3 aromatic rings. The van der Waals surface area contributed by atoms with Gasteiger partial charge in [0.05, 0.1) is 6.54 Å². The fourth-order valence-electron chi connectivity index (χ4n) is 2.16. The lowest BCUT2D eigenvalue weighted by Crippen LogP contribution is -2.17. The van der Waals surface area contributed by atoms with Crippen LogP contribution in [0.2, 0.25) is 0 Å². The lowest BCUT2D eigenvalue weighted by Gasteiger charge is -2.04. The molecular weight excluding hydrogens is 278 g/mol. The van der Waals surface area contributed by atoms with Crippen LogP contribution in [-0.2, 0) is 19.4 Å². The van der Waals surface area contributed by atoms with Gasteiger partial charge in [0, 0.05) is 24.4 Å². The van der Waals surface area contributed by atoms with Gasteiger partial charge >= 0.3 is 0 Å². The first kappa shape index (κ1) is 14.5. The number of hydrogen-bond donors (Lipinski definition) is 2. The van der Waals surface area contributed by atoms with Gasteiger partial charge in [-0.05, 0) is 30.7 Å². The molecule has 0 saturated heterocycles. The van der Waals surface area contributed by atoms with Crippen molar-refractivity contribution in [2.24, 2.45) is 0 Å². The molecule has 114 valence electrons. The Morgan fingerprint density at radius 3 is 2.77 bits per heavy atom. The van der Waals surface area contributed by atoms with Crippen LogP contribution in [0.25, 0.3) is 11.5 Å². The summed E-state index contributed by atoms with van der Waals surface area (Å²) in [4.78, 5) is 11.6. The van der Waals surface area contributed by atoms with Gasteiger partial charge in [0.25, 0.3) is 5.89 Å². The molecule has 6 nitrogen and oxygen atoms in total. The molecule has 22 heavy (non-hydrogen) atoms. The van der Waals surface area contributed by atoms with Crippen molar-refractivity contribution in [3.05, 3.63) is 53.9 Å². The Kier molecular flexibility index (Phi) is 4.60. The summed E-state index contributed by atoms with van der Waals surface area (Å²) in [7, 11) is 0. The van der Waals surface area contributed by atoms with Gasteiger partial charge in [-0.3, -0.25) is 0 Å². The predicted molar refractivity (Wildman–Crippen MR) is 83.1 cm³/mol. The molecule has 3 rings (SSSR count). The summed E-state index contributed by atoms with van der Waals surface area (Å²) in [5, 5.41) is 7.27. The van der Waals surface area contributed by atoms with Gasteiger partial charge in [-0.25, -0.2) is 4.98 Å². The third kappa shape index (κ3) is 3.59. The first-order valence-electron chi connectivity index (χ1n) is 7.46. The van der Waals surface area contributed by atoms with E-state index in [-0.39, 0.29) is 0 Å². The molecule has 0 aliphatic rings. The number of imidazole rings is 1. The molecule has 0 atom stereocenters. The fourth-order valence-corrected chi connectivity index (χ4v) is 2.16. The Balaban J connectivity index is 1.50. The minimum absolute atomic E-state index is 0.583. The topological polar surface area (TPSA) is 79.6 Å². The fraction of sp³-hybridized carbons (Fsp3) is 0.312. The number of aromatic nitrogens is 4. The van der Waals surface area contributed by atoms with Gasteiger partial charge in [-0.15, -0.1) is 0 Å². The van der Waals surface area contributed by atoms with E-state index in [4.69, 9.17) is 4.52 Å². The molecule has 0 amide bonds. The lowest BCUT2D eigenvalue weighted by molar-refractivity contribution is 0.423. The van der Waals surface area contributed by atoms with Crippen LogP contribution >= 0.6 is 0 Å². The van der Waals surface area contributed by atoms with Crippen molar-refractivity contribution in [2.45, 2.75) is 26.3 Å². The molecule has 0 saturated carbocycles. The summed E-state index contributed by atoms with van der Waals surface area (Å²) in [6.07, 6.45) is 5.34. The first-order chi connectivity index (χ1) is 10.8. The highest BCUT2D eigenvalue weighted by molar-refractivity contribution is 5.53. The van der Waals surface area contributed by atoms with E-state index in [1.54, 1.807) is 6.20 Å². The van der Waals surface area contributed by atoms with Crippen molar-refractivity contribution in [2.75, 3.05) is 6.54 Å². The van der Waals surface area contributed by atoms with Crippen molar-refractivity contribution in [1.29, 1.82) is 0 Å². The van der Waals surface area contributed by atoms with Gasteiger partial charge in [0.2, 0.25) is 0 Å². The number of nitrogens with zero attached hydrogens (tertiary/aromatic N) is 3. The standard InChI is InChI=1S/C16H19N5O/c1-2-14-20-16(22-21-14)13-5-3-12(4-6-13)7-8-17-11-15-18-9-10-19-15/h3-6,9-10,17H,2,7-8,11H2,1H3,(H,18,19). The summed E-state index contributed by atoms with van der Waals surface area (Å²) in [5.41, 5.74) is 2.23.